The number of benzene rings is 1. The van der Waals surface area contributed by atoms with Crippen molar-refractivity contribution in [2.45, 2.75) is 6.92 Å². The molecule has 0 saturated carbocycles. The molecular weight excluding hydrogens is 266 g/mol. The van der Waals surface area contributed by atoms with Gasteiger partial charge in [-0.05, 0) is 31.2 Å². The Bertz CT molecular complexity index is 612. The third kappa shape index (κ3) is 2.95. The second-order valence-corrected chi connectivity index (χ2v) is 4.24. The van der Waals surface area contributed by atoms with Crippen LogP contribution in [-0.2, 0) is 0 Å². The third-order valence-corrected chi connectivity index (χ3v) is 2.77. The molecule has 0 amide bonds. The van der Waals surface area contributed by atoms with Gasteiger partial charge in [0.25, 0.3) is 0 Å². The van der Waals surface area contributed by atoms with Gasteiger partial charge in [0.1, 0.15) is 11.5 Å². The summed E-state index contributed by atoms with van der Waals surface area (Å²) in [4.78, 5) is 4.12. The fraction of sp³-hybridized carbons (Fsp3) is 0.0769. The van der Waals surface area contributed by atoms with Crippen LogP contribution in [0.1, 0.15) is 11.3 Å². The Morgan fingerprint density at radius 1 is 1.37 bits per heavy atom. The summed E-state index contributed by atoms with van der Waals surface area (Å²) in [5, 5.41) is 12.1. The Labute approximate surface area is 115 Å². The minimum absolute atomic E-state index is 0.110. The molecule has 19 heavy (non-hydrogen) atoms. The predicted molar refractivity (Wildman–Crippen MR) is 73.0 cm³/mol. The van der Waals surface area contributed by atoms with E-state index >= 15 is 0 Å². The summed E-state index contributed by atoms with van der Waals surface area (Å²) >= 11 is 6.03. The zero-order valence-electron chi connectivity index (χ0n) is 10.2. The molecule has 0 saturated heterocycles. The lowest BCUT2D eigenvalue weighted by Gasteiger charge is -2.11. The quantitative estimate of drug-likeness (QED) is 0.391. The van der Waals surface area contributed by atoms with Gasteiger partial charge in [0.2, 0.25) is 0 Å². The van der Waals surface area contributed by atoms with Crippen LogP contribution in [0.5, 0.6) is 11.5 Å². The van der Waals surface area contributed by atoms with E-state index in [1.165, 1.54) is 0 Å². The van der Waals surface area contributed by atoms with Crippen LogP contribution in [0.2, 0.25) is 5.02 Å². The molecule has 6 heteroatoms. The van der Waals surface area contributed by atoms with Gasteiger partial charge in [-0.1, -0.05) is 22.8 Å². The number of amidine groups is 1. The van der Waals surface area contributed by atoms with E-state index in [0.29, 0.717) is 22.1 Å². The first-order valence-corrected chi connectivity index (χ1v) is 5.86. The van der Waals surface area contributed by atoms with E-state index in [1.807, 2.05) is 13.0 Å². The number of hydrogen-bond acceptors (Lipinski definition) is 4. The SMILES string of the molecule is Cc1ccc(Oc2cccc(Cl)c2C(N)=NO)cn1. The lowest BCUT2D eigenvalue weighted by atomic mass is 10.2. The van der Waals surface area contributed by atoms with E-state index < -0.39 is 0 Å². The zero-order valence-corrected chi connectivity index (χ0v) is 10.9. The van der Waals surface area contributed by atoms with Crippen LogP contribution >= 0.6 is 11.6 Å². The van der Waals surface area contributed by atoms with Crippen molar-refractivity contribution in [3.8, 4) is 11.5 Å². The molecule has 2 aromatic rings. The first kappa shape index (κ1) is 13.2. The highest BCUT2D eigenvalue weighted by atomic mass is 35.5. The van der Waals surface area contributed by atoms with Gasteiger partial charge in [-0.25, -0.2) is 0 Å². The molecule has 0 atom stereocenters. The Morgan fingerprint density at radius 2 is 2.16 bits per heavy atom. The number of hydrogen-bond donors (Lipinski definition) is 2. The number of pyridine rings is 1. The van der Waals surface area contributed by atoms with Gasteiger partial charge in [-0.2, -0.15) is 0 Å². The first-order valence-electron chi connectivity index (χ1n) is 5.48. The van der Waals surface area contributed by atoms with Crippen molar-refractivity contribution in [1.82, 2.24) is 4.98 Å². The molecule has 2 rings (SSSR count). The second kappa shape index (κ2) is 5.58. The van der Waals surface area contributed by atoms with Crippen molar-refractivity contribution in [3.63, 3.8) is 0 Å². The zero-order chi connectivity index (χ0) is 13.8. The first-order chi connectivity index (χ1) is 9.11. The van der Waals surface area contributed by atoms with Gasteiger partial charge in [-0.3, -0.25) is 4.98 Å². The van der Waals surface area contributed by atoms with Crippen LogP contribution < -0.4 is 10.5 Å². The summed E-state index contributed by atoms with van der Waals surface area (Å²) in [5.74, 6) is 0.828. The number of aromatic nitrogens is 1. The molecule has 0 aliphatic carbocycles. The maximum absolute atomic E-state index is 8.78. The second-order valence-electron chi connectivity index (χ2n) is 3.84. The average Bonchev–Trinajstić information content (AvgIpc) is 2.41. The summed E-state index contributed by atoms with van der Waals surface area (Å²) in [7, 11) is 0. The average molecular weight is 278 g/mol. The highest BCUT2D eigenvalue weighted by Crippen LogP contribution is 2.30. The molecule has 0 bridgehead atoms. The molecule has 0 radical (unpaired) electrons. The lowest BCUT2D eigenvalue weighted by Crippen LogP contribution is -2.14. The van der Waals surface area contributed by atoms with Crippen LogP contribution in [0.15, 0.2) is 41.7 Å². The van der Waals surface area contributed by atoms with Gasteiger partial charge in [0.15, 0.2) is 5.84 Å². The molecule has 0 spiro atoms. The highest BCUT2D eigenvalue weighted by molar-refractivity contribution is 6.34. The van der Waals surface area contributed by atoms with Crippen molar-refractivity contribution in [3.05, 3.63) is 52.8 Å². The molecule has 3 N–H and O–H groups in total. The fourth-order valence-corrected chi connectivity index (χ4v) is 1.79. The van der Waals surface area contributed by atoms with E-state index in [-0.39, 0.29) is 5.84 Å². The molecule has 1 heterocycles. The summed E-state index contributed by atoms with van der Waals surface area (Å²) in [6.07, 6.45) is 1.59. The Morgan fingerprint density at radius 3 is 2.79 bits per heavy atom. The van der Waals surface area contributed by atoms with Crippen molar-refractivity contribution >= 4 is 17.4 Å². The number of oxime groups is 1. The minimum atomic E-state index is -0.110. The van der Waals surface area contributed by atoms with E-state index in [2.05, 4.69) is 10.1 Å². The van der Waals surface area contributed by atoms with E-state index in [1.54, 1.807) is 30.5 Å². The maximum atomic E-state index is 8.78. The Hall–Kier alpha value is -2.27. The fourth-order valence-electron chi connectivity index (χ4n) is 1.53. The molecule has 1 aromatic heterocycles. The summed E-state index contributed by atoms with van der Waals surface area (Å²) < 4.78 is 5.65. The number of aryl methyl sites for hydroxylation is 1. The van der Waals surface area contributed by atoms with Gasteiger partial charge in [-0.15, -0.1) is 0 Å². The van der Waals surface area contributed by atoms with Gasteiger partial charge in [0, 0.05) is 5.69 Å². The number of halogens is 1. The van der Waals surface area contributed by atoms with E-state index in [4.69, 9.17) is 27.3 Å². The predicted octanol–water partition coefficient (Wildman–Crippen LogP) is 2.93. The summed E-state index contributed by atoms with van der Waals surface area (Å²) in [6, 6.07) is 8.63. The van der Waals surface area contributed by atoms with Crippen molar-refractivity contribution in [1.29, 1.82) is 0 Å². The summed E-state index contributed by atoms with van der Waals surface area (Å²) in [6.45, 7) is 1.88. The molecule has 98 valence electrons. The largest absolute Gasteiger partial charge is 0.455 e. The topological polar surface area (TPSA) is 80.7 Å². The van der Waals surface area contributed by atoms with Gasteiger partial charge in [0.05, 0.1) is 16.8 Å². The molecule has 5 nitrogen and oxygen atoms in total. The van der Waals surface area contributed by atoms with Crippen LogP contribution in [0.3, 0.4) is 0 Å². The number of nitrogens with two attached hydrogens (primary N) is 1. The molecule has 0 aliphatic rings. The molecular formula is C13H12ClN3O2. The normalized spacial score (nSPS) is 11.4. The number of ether oxygens (including phenoxy) is 1. The highest BCUT2D eigenvalue weighted by Gasteiger charge is 2.13. The van der Waals surface area contributed by atoms with Crippen LogP contribution in [0.25, 0.3) is 0 Å². The standard InChI is InChI=1S/C13H12ClN3O2/c1-8-5-6-9(7-16-8)19-11-4-2-3-10(14)12(11)13(15)17-18/h2-7,18H,1H3,(H2,15,17). The number of rotatable bonds is 3. The molecule has 0 fully saturated rings. The Balaban J connectivity index is 2.40. The summed E-state index contributed by atoms with van der Waals surface area (Å²) in [5.41, 5.74) is 6.82. The molecule has 0 unspecified atom stereocenters. The van der Waals surface area contributed by atoms with Crippen molar-refractivity contribution in [2.24, 2.45) is 10.9 Å². The maximum Gasteiger partial charge on any atom is 0.175 e. The molecule has 1 aromatic carbocycles. The van der Waals surface area contributed by atoms with Crippen molar-refractivity contribution in [2.75, 3.05) is 0 Å². The Kier molecular flexibility index (Phi) is 3.87. The van der Waals surface area contributed by atoms with Crippen LogP contribution in [0, 0.1) is 6.92 Å². The van der Waals surface area contributed by atoms with E-state index in [9.17, 15) is 0 Å². The van der Waals surface area contributed by atoms with Crippen LogP contribution in [0.4, 0.5) is 0 Å². The van der Waals surface area contributed by atoms with Gasteiger partial charge < -0.3 is 15.7 Å². The van der Waals surface area contributed by atoms with Crippen LogP contribution in [-0.4, -0.2) is 16.0 Å². The minimum Gasteiger partial charge on any atom is -0.455 e. The lowest BCUT2D eigenvalue weighted by molar-refractivity contribution is 0.318. The third-order valence-electron chi connectivity index (χ3n) is 2.45. The van der Waals surface area contributed by atoms with Gasteiger partial charge >= 0.3 is 0 Å². The van der Waals surface area contributed by atoms with Crippen molar-refractivity contribution < 1.29 is 9.94 Å². The number of nitrogens with zero attached hydrogens (tertiary/aromatic N) is 2. The smallest absolute Gasteiger partial charge is 0.175 e. The van der Waals surface area contributed by atoms with E-state index in [0.717, 1.165) is 5.69 Å². The molecule has 0 aliphatic heterocycles. The monoisotopic (exact) mass is 277 g/mol.